The van der Waals surface area contributed by atoms with Crippen LogP contribution in [-0.2, 0) is 18.4 Å². The van der Waals surface area contributed by atoms with Gasteiger partial charge in [0.05, 0.1) is 18.9 Å². The Morgan fingerprint density at radius 2 is 1.91 bits per heavy atom. The molecule has 0 saturated heterocycles. The van der Waals surface area contributed by atoms with Crippen LogP contribution in [0.15, 0.2) is 28.1 Å². The minimum absolute atomic E-state index is 0.0500. The van der Waals surface area contributed by atoms with Crippen molar-refractivity contribution in [1.82, 2.24) is 9.55 Å². The SMILES string of the molecule is CC(C)c1c(Sc2cc(F)cc(F)c2)nc(COCCO)n1C. The first-order valence-electron chi connectivity index (χ1n) is 7.30. The summed E-state index contributed by atoms with van der Waals surface area (Å²) in [4.78, 5) is 5.00. The van der Waals surface area contributed by atoms with Crippen LogP contribution in [0, 0.1) is 11.6 Å². The van der Waals surface area contributed by atoms with E-state index in [1.165, 1.54) is 23.9 Å². The number of aromatic nitrogens is 2. The van der Waals surface area contributed by atoms with Crippen LogP contribution in [0.4, 0.5) is 8.78 Å². The van der Waals surface area contributed by atoms with Crippen molar-refractivity contribution in [3.63, 3.8) is 0 Å². The largest absolute Gasteiger partial charge is 0.394 e. The summed E-state index contributed by atoms with van der Waals surface area (Å²) < 4.78 is 34.0. The molecule has 0 amide bonds. The molecule has 0 spiro atoms. The number of imidazole rings is 1. The van der Waals surface area contributed by atoms with Gasteiger partial charge >= 0.3 is 0 Å². The third-order valence-corrected chi connectivity index (χ3v) is 4.23. The van der Waals surface area contributed by atoms with Gasteiger partial charge in [-0.25, -0.2) is 13.8 Å². The maximum atomic E-state index is 13.4. The first kappa shape index (κ1) is 17.9. The minimum Gasteiger partial charge on any atom is -0.394 e. The van der Waals surface area contributed by atoms with Gasteiger partial charge in [0.2, 0.25) is 0 Å². The molecule has 2 aromatic rings. The fraction of sp³-hybridized carbons (Fsp3) is 0.438. The predicted octanol–water partition coefficient (Wildman–Crippen LogP) is 3.48. The third kappa shape index (κ3) is 4.53. The van der Waals surface area contributed by atoms with Gasteiger partial charge in [0.25, 0.3) is 0 Å². The minimum atomic E-state index is -0.610. The van der Waals surface area contributed by atoms with Gasteiger partial charge < -0.3 is 14.4 Å². The summed E-state index contributed by atoms with van der Waals surface area (Å²) in [6.45, 7) is 4.53. The highest BCUT2D eigenvalue weighted by atomic mass is 32.2. The Hall–Kier alpha value is -1.44. The molecule has 0 aliphatic rings. The standard InChI is InChI=1S/C16H20F2N2O2S/c1-10(2)15-16(19-14(20(15)3)9-22-5-4-21)23-13-7-11(17)6-12(18)8-13/h6-8,10,21H,4-5,9H2,1-3H3. The number of hydrogen-bond acceptors (Lipinski definition) is 4. The van der Waals surface area contributed by atoms with E-state index in [1.807, 2.05) is 25.5 Å². The third-order valence-electron chi connectivity index (χ3n) is 3.26. The second kappa shape index (κ2) is 7.90. The molecule has 0 unspecified atom stereocenters. The lowest BCUT2D eigenvalue weighted by atomic mass is 10.1. The molecule has 1 aromatic carbocycles. The second-order valence-corrected chi connectivity index (χ2v) is 6.48. The lowest BCUT2D eigenvalue weighted by molar-refractivity contribution is 0.0763. The number of nitrogens with zero attached hydrogens (tertiary/aromatic N) is 2. The molecule has 0 aliphatic heterocycles. The average molecular weight is 342 g/mol. The average Bonchev–Trinajstić information content (AvgIpc) is 2.74. The summed E-state index contributed by atoms with van der Waals surface area (Å²) in [5.41, 5.74) is 0.974. The molecule has 126 valence electrons. The van der Waals surface area contributed by atoms with Crippen molar-refractivity contribution < 1.29 is 18.6 Å². The maximum Gasteiger partial charge on any atom is 0.136 e. The first-order valence-corrected chi connectivity index (χ1v) is 8.12. The predicted molar refractivity (Wildman–Crippen MR) is 84.5 cm³/mol. The van der Waals surface area contributed by atoms with Crippen molar-refractivity contribution in [2.45, 2.75) is 36.3 Å². The van der Waals surface area contributed by atoms with Crippen molar-refractivity contribution in [3.8, 4) is 0 Å². The molecule has 1 N–H and O–H groups in total. The maximum absolute atomic E-state index is 13.4. The lowest BCUT2D eigenvalue weighted by Crippen LogP contribution is -2.07. The smallest absolute Gasteiger partial charge is 0.136 e. The molecule has 0 fully saturated rings. The first-order chi connectivity index (χ1) is 10.9. The normalized spacial score (nSPS) is 11.4. The zero-order valence-corrected chi connectivity index (χ0v) is 14.2. The van der Waals surface area contributed by atoms with Crippen LogP contribution in [-0.4, -0.2) is 27.9 Å². The van der Waals surface area contributed by atoms with Gasteiger partial charge in [-0.05, 0) is 18.1 Å². The number of rotatable bonds is 7. The Labute approximate surface area is 138 Å². The summed E-state index contributed by atoms with van der Waals surface area (Å²) in [5.74, 6) is -0.316. The summed E-state index contributed by atoms with van der Waals surface area (Å²) in [7, 11) is 1.89. The van der Waals surface area contributed by atoms with Crippen LogP contribution < -0.4 is 0 Å². The zero-order chi connectivity index (χ0) is 17.0. The van der Waals surface area contributed by atoms with Gasteiger partial charge in [0, 0.05) is 18.0 Å². The molecular weight excluding hydrogens is 322 g/mol. The molecule has 0 aliphatic carbocycles. The van der Waals surface area contributed by atoms with E-state index < -0.39 is 11.6 Å². The van der Waals surface area contributed by atoms with Crippen LogP contribution in [0.25, 0.3) is 0 Å². The van der Waals surface area contributed by atoms with Gasteiger partial charge in [0.1, 0.15) is 29.1 Å². The van der Waals surface area contributed by atoms with E-state index in [4.69, 9.17) is 9.84 Å². The molecule has 1 aromatic heterocycles. The van der Waals surface area contributed by atoms with E-state index in [1.54, 1.807) is 0 Å². The van der Waals surface area contributed by atoms with E-state index in [0.29, 0.717) is 15.7 Å². The molecule has 0 atom stereocenters. The van der Waals surface area contributed by atoms with Crippen LogP contribution >= 0.6 is 11.8 Å². The van der Waals surface area contributed by atoms with Gasteiger partial charge in [-0.15, -0.1) is 0 Å². The zero-order valence-electron chi connectivity index (χ0n) is 13.3. The Morgan fingerprint density at radius 1 is 1.26 bits per heavy atom. The van der Waals surface area contributed by atoms with E-state index in [0.717, 1.165) is 11.8 Å². The summed E-state index contributed by atoms with van der Waals surface area (Å²) in [5, 5.41) is 9.48. The second-order valence-electron chi connectivity index (χ2n) is 5.42. The number of halogens is 2. The van der Waals surface area contributed by atoms with Crippen molar-refractivity contribution in [2.75, 3.05) is 13.2 Å². The number of aliphatic hydroxyl groups excluding tert-OH is 1. The highest BCUT2D eigenvalue weighted by molar-refractivity contribution is 7.99. The van der Waals surface area contributed by atoms with Gasteiger partial charge in [-0.3, -0.25) is 0 Å². The number of aliphatic hydroxyl groups is 1. The summed E-state index contributed by atoms with van der Waals surface area (Å²) in [6.07, 6.45) is 0. The quantitative estimate of drug-likeness (QED) is 0.783. The van der Waals surface area contributed by atoms with Crippen molar-refractivity contribution in [2.24, 2.45) is 7.05 Å². The van der Waals surface area contributed by atoms with Crippen molar-refractivity contribution in [3.05, 3.63) is 41.4 Å². The molecule has 23 heavy (non-hydrogen) atoms. The van der Waals surface area contributed by atoms with Crippen LogP contribution in [0.5, 0.6) is 0 Å². The van der Waals surface area contributed by atoms with Crippen LogP contribution in [0.3, 0.4) is 0 Å². The number of ether oxygens (including phenoxy) is 1. The van der Waals surface area contributed by atoms with Gasteiger partial charge in [-0.2, -0.15) is 0 Å². The van der Waals surface area contributed by atoms with Gasteiger partial charge in [-0.1, -0.05) is 25.6 Å². The number of benzene rings is 1. The fourth-order valence-electron chi connectivity index (χ4n) is 2.30. The number of hydrogen-bond donors (Lipinski definition) is 1. The van der Waals surface area contributed by atoms with Crippen molar-refractivity contribution in [1.29, 1.82) is 0 Å². The Kier molecular flexibility index (Phi) is 6.15. The molecule has 1 heterocycles. The molecule has 2 rings (SSSR count). The topological polar surface area (TPSA) is 47.3 Å². The van der Waals surface area contributed by atoms with Crippen LogP contribution in [0.1, 0.15) is 31.3 Å². The molecule has 7 heteroatoms. The molecule has 0 bridgehead atoms. The molecule has 4 nitrogen and oxygen atoms in total. The lowest BCUT2D eigenvalue weighted by Gasteiger charge is -2.10. The Bertz CT molecular complexity index is 654. The van der Waals surface area contributed by atoms with E-state index in [9.17, 15) is 8.78 Å². The molecular formula is C16H20F2N2O2S. The fourth-order valence-corrected chi connectivity index (χ4v) is 3.49. The monoisotopic (exact) mass is 342 g/mol. The van der Waals surface area contributed by atoms with Crippen molar-refractivity contribution >= 4 is 11.8 Å². The van der Waals surface area contributed by atoms with E-state index in [2.05, 4.69) is 4.98 Å². The van der Waals surface area contributed by atoms with E-state index in [-0.39, 0.29) is 25.7 Å². The van der Waals surface area contributed by atoms with Gasteiger partial charge in [0.15, 0.2) is 0 Å². The summed E-state index contributed by atoms with van der Waals surface area (Å²) >= 11 is 1.23. The summed E-state index contributed by atoms with van der Waals surface area (Å²) in [6, 6.07) is 3.42. The van der Waals surface area contributed by atoms with E-state index >= 15 is 0 Å². The highest BCUT2D eigenvalue weighted by Crippen LogP contribution is 2.34. The Morgan fingerprint density at radius 3 is 2.48 bits per heavy atom. The molecule has 0 radical (unpaired) electrons. The van der Waals surface area contributed by atoms with Crippen LogP contribution in [0.2, 0.25) is 0 Å². The highest BCUT2D eigenvalue weighted by Gasteiger charge is 2.19. The molecule has 0 saturated carbocycles. The Balaban J connectivity index is 2.30.